The van der Waals surface area contributed by atoms with Crippen LogP contribution in [0.15, 0.2) is 29.1 Å². The summed E-state index contributed by atoms with van der Waals surface area (Å²) in [6.45, 7) is 3.10. The fraction of sp³-hybridized carbons (Fsp3) is 0.231. The second-order valence-electron chi connectivity index (χ2n) is 3.99. The Kier molecular flexibility index (Phi) is 4.35. The maximum absolute atomic E-state index is 11.7. The molecule has 2 aromatic rings. The lowest BCUT2D eigenvalue weighted by atomic mass is 10.1. The topological polar surface area (TPSA) is 80.0 Å². The zero-order chi connectivity index (χ0) is 13.7. The molecule has 0 aliphatic carbocycles. The first-order chi connectivity index (χ1) is 9.20. The van der Waals surface area contributed by atoms with Crippen LogP contribution in [0, 0.1) is 0 Å². The van der Waals surface area contributed by atoms with Gasteiger partial charge in [-0.05, 0) is 25.1 Å². The zero-order valence-electron chi connectivity index (χ0n) is 10.6. The molecule has 100 valence electrons. The van der Waals surface area contributed by atoms with E-state index in [0.29, 0.717) is 24.3 Å². The molecule has 1 heterocycles. The van der Waals surface area contributed by atoms with E-state index < -0.39 is 0 Å². The molecular weight excluding hydrogens is 260 g/mol. The number of nitrogen functional groups attached to an aromatic ring is 1. The maximum atomic E-state index is 11.7. The number of benzene rings is 1. The van der Waals surface area contributed by atoms with Crippen molar-refractivity contribution in [3.63, 3.8) is 0 Å². The first-order valence-electron chi connectivity index (χ1n) is 5.99. The number of nitrogens with zero attached hydrogens (tertiary/aromatic N) is 1. The molecule has 0 aliphatic rings. The summed E-state index contributed by atoms with van der Waals surface area (Å²) >= 11 is 1.56. The molecule has 1 aromatic carbocycles. The number of hydrogen-bond acceptors (Lipinski definition) is 5. The van der Waals surface area contributed by atoms with Crippen molar-refractivity contribution in [3.8, 4) is 0 Å². The minimum atomic E-state index is -0.111. The number of anilines is 2. The number of amides is 1. The van der Waals surface area contributed by atoms with Gasteiger partial charge in [0.1, 0.15) is 0 Å². The minimum absolute atomic E-state index is 0.111. The molecule has 0 atom stereocenters. The Bertz CT molecular complexity index is 554. The van der Waals surface area contributed by atoms with Crippen LogP contribution in [0.3, 0.4) is 0 Å². The van der Waals surface area contributed by atoms with E-state index in [4.69, 9.17) is 5.73 Å². The molecule has 1 aromatic heterocycles. The van der Waals surface area contributed by atoms with Crippen molar-refractivity contribution in [2.45, 2.75) is 13.5 Å². The van der Waals surface area contributed by atoms with Crippen molar-refractivity contribution in [1.29, 1.82) is 0 Å². The summed E-state index contributed by atoms with van der Waals surface area (Å²) in [7, 11) is 0. The Hall–Kier alpha value is -2.08. The molecule has 6 heteroatoms. The van der Waals surface area contributed by atoms with Crippen LogP contribution in [0.25, 0.3) is 0 Å². The van der Waals surface area contributed by atoms with E-state index in [2.05, 4.69) is 15.6 Å². The quantitative estimate of drug-likeness (QED) is 0.730. The summed E-state index contributed by atoms with van der Waals surface area (Å²) in [5, 5.41) is 7.92. The van der Waals surface area contributed by atoms with Gasteiger partial charge in [-0.2, -0.15) is 0 Å². The average molecular weight is 276 g/mol. The van der Waals surface area contributed by atoms with Gasteiger partial charge >= 0.3 is 0 Å². The van der Waals surface area contributed by atoms with E-state index in [1.165, 1.54) is 0 Å². The van der Waals surface area contributed by atoms with Crippen molar-refractivity contribution in [2.75, 3.05) is 17.6 Å². The Labute approximate surface area is 115 Å². The van der Waals surface area contributed by atoms with Gasteiger partial charge in [-0.3, -0.25) is 4.79 Å². The van der Waals surface area contributed by atoms with Gasteiger partial charge in [0.25, 0.3) is 5.91 Å². The Balaban J connectivity index is 2.04. The van der Waals surface area contributed by atoms with E-state index >= 15 is 0 Å². The van der Waals surface area contributed by atoms with Crippen molar-refractivity contribution in [1.82, 2.24) is 10.3 Å². The van der Waals surface area contributed by atoms with Crippen LogP contribution in [-0.4, -0.2) is 17.4 Å². The van der Waals surface area contributed by atoms with Gasteiger partial charge < -0.3 is 16.4 Å². The lowest BCUT2D eigenvalue weighted by Gasteiger charge is -2.10. The molecule has 0 saturated heterocycles. The molecule has 4 N–H and O–H groups in total. The Morgan fingerprint density at radius 3 is 2.95 bits per heavy atom. The normalized spacial score (nSPS) is 10.2. The average Bonchev–Trinajstić information content (AvgIpc) is 2.90. The van der Waals surface area contributed by atoms with Crippen LogP contribution < -0.4 is 16.4 Å². The fourth-order valence-corrected chi connectivity index (χ4v) is 2.20. The first kappa shape index (κ1) is 13.4. The van der Waals surface area contributed by atoms with E-state index in [9.17, 15) is 4.79 Å². The van der Waals surface area contributed by atoms with Crippen LogP contribution in [0.2, 0.25) is 0 Å². The van der Waals surface area contributed by atoms with E-state index in [1.807, 2.05) is 18.4 Å². The zero-order valence-corrected chi connectivity index (χ0v) is 11.5. The summed E-state index contributed by atoms with van der Waals surface area (Å²) in [6, 6.07) is 5.24. The highest BCUT2D eigenvalue weighted by Gasteiger charge is 2.07. The van der Waals surface area contributed by atoms with Gasteiger partial charge in [-0.15, -0.1) is 11.3 Å². The Morgan fingerprint density at radius 2 is 2.32 bits per heavy atom. The van der Waals surface area contributed by atoms with Gasteiger partial charge in [0, 0.05) is 17.5 Å². The maximum Gasteiger partial charge on any atom is 0.251 e. The third kappa shape index (κ3) is 3.45. The van der Waals surface area contributed by atoms with Gasteiger partial charge in [-0.25, -0.2) is 4.98 Å². The molecule has 0 spiro atoms. The molecule has 0 saturated carbocycles. The number of rotatable bonds is 5. The molecular formula is C13H16N4OS. The van der Waals surface area contributed by atoms with Crippen molar-refractivity contribution < 1.29 is 4.79 Å². The van der Waals surface area contributed by atoms with Crippen LogP contribution in [0.1, 0.15) is 23.0 Å². The second-order valence-corrected chi connectivity index (χ2v) is 4.71. The van der Waals surface area contributed by atoms with Crippen LogP contribution in [-0.2, 0) is 6.54 Å². The van der Waals surface area contributed by atoms with Crippen molar-refractivity contribution in [3.05, 3.63) is 40.3 Å². The highest BCUT2D eigenvalue weighted by molar-refractivity contribution is 7.07. The predicted molar refractivity (Wildman–Crippen MR) is 78.3 cm³/mol. The molecule has 0 unspecified atom stereocenters. The summed E-state index contributed by atoms with van der Waals surface area (Å²) in [5.41, 5.74) is 10.6. The van der Waals surface area contributed by atoms with Gasteiger partial charge in [-0.1, -0.05) is 0 Å². The monoisotopic (exact) mass is 276 g/mol. The van der Waals surface area contributed by atoms with Gasteiger partial charge in [0.2, 0.25) is 0 Å². The number of carbonyl (C=O) groups excluding carboxylic acids is 1. The highest BCUT2D eigenvalue weighted by atomic mass is 32.1. The summed E-state index contributed by atoms with van der Waals surface area (Å²) in [6.07, 6.45) is 0. The third-order valence-electron chi connectivity index (χ3n) is 2.59. The summed E-state index contributed by atoms with van der Waals surface area (Å²) < 4.78 is 0. The third-order valence-corrected chi connectivity index (χ3v) is 3.23. The fourth-order valence-electron chi connectivity index (χ4n) is 1.64. The van der Waals surface area contributed by atoms with Crippen molar-refractivity contribution in [2.24, 2.45) is 0 Å². The van der Waals surface area contributed by atoms with Crippen LogP contribution >= 0.6 is 11.3 Å². The summed E-state index contributed by atoms with van der Waals surface area (Å²) in [5.74, 6) is -0.111. The predicted octanol–water partition coefficient (Wildman–Crippen LogP) is 2.09. The minimum Gasteiger partial charge on any atom is -0.397 e. The SMILES string of the molecule is CCNC(=O)c1ccc(NCc2cscn2)c(N)c1. The standard InChI is InChI=1S/C13H16N4OS/c1-2-15-13(18)9-3-4-12(11(14)5-9)16-6-10-7-19-8-17-10/h3-5,7-8,16H,2,6,14H2,1H3,(H,15,18). The van der Waals surface area contributed by atoms with E-state index in [0.717, 1.165) is 11.4 Å². The van der Waals surface area contributed by atoms with E-state index in [-0.39, 0.29) is 5.91 Å². The number of thiazole rings is 1. The first-order valence-corrected chi connectivity index (χ1v) is 6.93. The lowest BCUT2D eigenvalue weighted by Crippen LogP contribution is -2.22. The number of hydrogen-bond donors (Lipinski definition) is 3. The molecule has 0 bridgehead atoms. The number of carbonyl (C=O) groups is 1. The smallest absolute Gasteiger partial charge is 0.251 e. The molecule has 19 heavy (non-hydrogen) atoms. The van der Waals surface area contributed by atoms with Crippen molar-refractivity contribution >= 4 is 28.6 Å². The Morgan fingerprint density at radius 1 is 1.47 bits per heavy atom. The van der Waals surface area contributed by atoms with E-state index in [1.54, 1.807) is 29.0 Å². The molecule has 0 radical (unpaired) electrons. The highest BCUT2D eigenvalue weighted by Crippen LogP contribution is 2.20. The molecule has 1 amide bonds. The molecule has 0 fully saturated rings. The summed E-state index contributed by atoms with van der Waals surface area (Å²) in [4.78, 5) is 15.8. The van der Waals surface area contributed by atoms with Gasteiger partial charge in [0.15, 0.2) is 0 Å². The lowest BCUT2D eigenvalue weighted by molar-refractivity contribution is 0.0956. The molecule has 0 aliphatic heterocycles. The largest absolute Gasteiger partial charge is 0.397 e. The molecule has 2 rings (SSSR count). The van der Waals surface area contributed by atoms with Crippen LogP contribution in [0.4, 0.5) is 11.4 Å². The van der Waals surface area contributed by atoms with Crippen LogP contribution in [0.5, 0.6) is 0 Å². The number of nitrogens with two attached hydrogens (primary N) is 1. The van der Waals surface area contributed by atoms with Gasteiger partial charge in [0.05, 0.1) is 29.1 Å². The number of aromatic nitrogens is 1. The number of nitrogens with one attached hydrogen (secondary N) is 2. The molecule has 5 nitrogen and oxygen atoms in total. The second kappa shape index (κ2) is 6.19.